The lowest BCUT2D eigenvalue weighted by molar-refractivity contribution is -0.136. The van der Waals surface area contributed by atoms with E-state index >= 15 is 0 Å². The van der Waals surface area contributed by atoms with Gasteiger partial charge in [0.25, 0.3) is 5.91 Å². The predicted molar refractivity (Wildman–Crippen MR) is 108 cm³/mol. The average molecular weight is 408 g/mol. The molecular weight excluding hydrogens is 388 g/mol. The third kappa shape index (κ3) is 3.10. The highest BCUT2D eigenvalue weighted by molar-refractivity contribution is 6.26. The molecule has 2 aliphatic heterocycles. The maximum atomic E-state index is 13.2. The Bertz CT molecular complexity index is 1080. The Hall–Kier alpha value is -3.68. The molecule has 154 valence electrons. The zero-order valence-electron chi connectivity index (χ0n) is 16.8. The smallest absolute Gasteiger partial charge is 0.281 e. The van der Waals surface area contributed by atoms with E-state index in [0.717, 1.165) is 4.90 Å². The molecule has 2 aromatic carbocycles. The summed E-state index contributed by atoms with van der Waals surface area (Å²) in [6.07, 6.45) is 0.0513. The van der Waals surface area contributed by atoms with Crippen LogP contribution in [-0.4, -0.2) is 43.1 Å². The molecule has 4 rings (SSSR count). The number of hydrogen-bond donors (Lipinski definition) is 0. The van der Waals surface area contributed by atoms with Gasteiger partial charge in [0.05, 0.1) is 32.0 Å². The highest BCUT2D eigenvalue weighted by atomic mass is 16.7. The highest BCUT2D eigenvalue weighted by Crippen LogP contribution is 2.40. The number of ether oxygens (including phenoxy) is 2. The van der Waals surface area contributed by atoms with E-state index in [-0.39, 0.29) is 24.5 Å². The molecule has 0 radical (unpaired) electrons. The lowest BCUT2D eigenvalue weighted by Gasteiger charge is -2.19. The Morgan fingerprint density at radius 2 is 1.73 bits per heavy atom. The summed E-state index contributed by atoms with van der Waals surface area (Å²) >= 11 is 0. The molecule has 0 bridgehead atoms. The maximum Gasteiger partial charge on any atom is 0.281 e. The van der Waals surface area contributed by atoms with Crippen LogP contribution in [0.2, 0.25) is 0 Å². The molecule has 2 amide bonds. The van der Waals surface area contributed by atoms with Crippen molar-refractivity contribution in [1.29, 1.82) is 0 Å². The number of oxime groups is 1. The quantitative estimate of drug-likeness (QED) is 0.558. The SMILES string of the molecule is COc1ccc(C2=NOC3(CC(=O)N(c4ccc(C(C)=O)cc4)C3=O)C2)cc1OC. The number of rotatable bonds is 5. The first-order chi connectivity index (χ1) is 14.4. The van der Waals surface area contributed by atoms with Gasteiger partial charge in [0.1, 0.15) is 0 Å². The van der Waals surface area contributed by atoms with Crippen molar-refractivity contribution in [3.8, 4) is 11.5 Å². The van der Waals surface area contributed by atoms with Crippen LogP contribution in [-0.2, 0) is 14.4 Å². The van der Waals surface area contributed by atoms with Crippen LogP contribution in [0.15, 0.2) is 47.6 Å². The third-order valence-corrected chi connectivity index (χ3v) is 5.31. The number of benzene rings is 2. The van der Waals surface area contributed by atoms with Crippen molar-refractivity contribution in [2.75, 3.05) is 19.1 Å². The maximum absolute atomic E-state index is 13.2. The fourth-order valence-electron chi connectivity index (χ4n) is 3.68. The number of anilines is 1. The van der Waals surface area contributed by atoms with Crippen molar-refractivity contribution < 1.29 is 28.7 Å². The van der Waals surface area contributed by atoms with Crippen LogP contribution in [0.25, 0.3) is 0 Å². The standard InChI is InChI=1S/C22H20N2O6/c1-13(25)14-4-7-16(8-5-14)24-20(26)12-22(21(24)27)11-17(23-30-22)15-6-9-18(28-2)19(10-15)29-3/h4-10H,11-12H2,1-3H3. The summed E-state index contributed by atoms with van der Waals surface area (Å²) < 4.78 is 10.6. The fourth-order valence-corrected chi connectivity index (χ4v) is 3.68. The van der Waals surface area contributed by atoms with Crippen LogP contribution < -0.4 is 14.4 Å². The third-order valence-electron chi connectivity index (χ3n) is 5.31. The molecule has 30 heavy (non-hydrogen) atoms. The van der Waals surface area contributed by atoms with E-state index in [2.05, 4.69) is 5.16 Å². The van der Waals surface area contributed by atoms with Gasteiger partial charge in [-0.25, -0.2) is 4.90 Å². The Balaban J connectivity index is 1.58. The monoisotopic (exact) mass is 408 g/mol. The molecule has 8 heteroatoms. The van der Waals surface area contributed by atoms with Gasteiger partial charge < -0.3 is 14.3 Å². The molecule has 2 aromatic rings. The number of imide groups is 1. The summed E-state index contributed by atoms with van der Waals surface area (Å²) in [5.74, 6) is 0.160. The number of Topliss-reactive ketones (excluding diaryl/α,β-unsaturated/α-hetero) is 1. The Labute approximate surface area is 173 Å². The zero-order chi connectivity index (χ0) is 21.5. The van der Waals surface area contributed by atoms with Crippen molar-refractivity contribution >= 4 is 29.0 Å². The topological polar surface area (TPSA) is 94.5 Å². The second kappa shape index (κ2) is 7.29. The molecule has 0 aliphatic carbocycles. The van der Waals surface area contributed by atoms with Gasteiger partial charge in [0.2, 0.25) is 11.5 Å². The second-order valence-corrected chi connectivity index (χ2v) is 7.18. The van der Waals surface area contributed by atoms with Gasteiger partial charge in [-0.05, 0) is 49.4 Å². The summed E-state index contributed by atoms with van der Waals surface area (Å²) in [6.45, 7) is 1.45. The second-order valence-electron chi connectivity index (χ2n) is 7.18. The van der Waals surface area contributed by atoms with Gasteiger partial charge in [-0.15, -0.1) is 0 Å². The first-order valence-corrected chi connectivity index (χ1v) is 9.34. The van der Waals surface area contributed by atoms with E-state index in [9.17, 15) is 14.4 Å². The van der Waals surface area contributed by atoms with E-state index in [1.54, 1.807) is 49.6 Å². The van der Waals surface area contributed by atoms with Crippen LogP contribution in [0.4, 0.5) is 5.69 Å². The van der Waals surface area contributed by atoms with E-state index < -0.39 is 11.5 Å². The van der Waals surface area contributed by atoms with Gasteiger partial charge in [-0.2, -0.15) is 0 Å². The minimum Gasteiger partial charge on any atom is -0.493 e. The minimum atomic E-state index is -1.36. The summed E-state index contributed by atoms with van der Waals surface area (Å²) in [7, 11) is 3.08. The number of amides is 2. The normalized spacial score (nSPS) is 20.4. The van der Waals surface area contributed by atoms with Crippen LogP contribution in [0.3, 0.4) is 0 Å². The molecule has 0 aromatic heterocycles. The van der Waals surface area contributed by atoms with Crippen LogP contribution in [0.5, 0.6) is 11.5 Å². The summed E-state index contributed by atoms with van der Waals surface area (Å²) in [6, 6.07) is 11.6. The van der Waals surface area contributed by atoms with Crippen molar-refractivity contribution in [3.63, 3.8) is 0 Å². The average Bonchev–Trinajstić information content (AvgIpc) is 3.28. The molecule has 1 fully saturated rings. The number of ketones is 1. The number of carbonyl (C=O) groups is 3. The molecule has 1 atom stereocenters. The summed E-state index contributed by atoms with van der Waals surface area (Å²) in [4.78, 5) is 43.9. The number of hydrogen-bond acceptors (Lipinski definition) is 7. The van der Waals surface area contributed by atoms with Crippen LogP contribution in [0, 0.1) is 0 Å². The predicted octanol–water partition coefficient (Wildman–Crippen LogP) is 2.73. The summed E-state index contributed by atoms with van der Waals surface area (Å²) in [5.41, 5.74) is 0.803. The molecule has 1 saturated heterocycles. The number of nitrogens with zero attached hydrogens (tertiary/aromatic N) is 2. The largest absolute Gasteiger partial charge is 0.493 e. The first kappa shape index (κ1) is 19.6. The molecule has 0 saturated carbocycles. The molecule has 8 nitrogen and oxygen atoms in total. The van der Waals surface area contributed by atoms with Gasteiger partial charge in [0.15, 0.2) is 17.3 Å². The fraction of sp³-hybridized carbons (Fsp3) is 0.273. The molecule has 2 aliphatic rings. The van der Waals surface area contributed by atoms with Gasteiger partial charge in [-0.1, -0.05) is 5.16 Å². The van der Waals surface area contributed by atoms with Crippen LogP contribution in [0.1, 0.15) is 35.7 Å². The number of methoxy groups -OCH3 is 2. The van der Waals surface area contributed by atoms with E-state index in [1.165, 1.54) is 14.0 Å². The van der Waals surface area contributed by atoms with Crippen LogP contribution >= 0.6 is 0 Å². The summed E-state index contributed by atoms with van der Waals surface area (Å²) in [5, 5.41) is 4.10. The first-order valence-electron chi connectivity index (χ1n) is 9.34. The van der Waals surface area contributed by atoms with E-state index in [1.807, 2.05) is 0 Å². The molecule has 1 spiro atoms. The highest BCUT2D eigenvalue weighted by Gasteiger charge is 2.58. The van der Waals surface area contributed by atoms with Gasteiger partial charge in [-0.3, -0.25) is 14.4 Å². The molecule has 2 heterocycles. The molecule has 0 N–H and O–H groups in total. The molecular formula is C22H20N2O6. The number of carbonyl (C=O) groups excluding carboxylic acids is 3. The van der Waals surface area contributed by atoms with E-state index in [0.29, 0.717) is 34.0 Å². The Morgan fingerprint density at radius 3 is 2.37 bits per heavy atom. The lowest BCUT2D eigenvalue weighted by atomic mass is 9.92. The lowest BCUT2D eigenvalue weighted by Crippen LogP contribution is -2.40. The van der Waals surface area contributed by atoms with Crippen molar-refractivity contribution in [2.45, 2.75) is 25.4 Å². The Kier molecular flexibility index (Phi) is 4.77. The van der Waals surface area contributed by atoms with Gasteiger partial charge in [0, 0.05) is 17.5 Å². The van der Waals surface area contributed by atoms with Crippen molar-refractivity contribution in [1.82, 2.24) is 0 Å². The zero-order valence-corrected chi connectivity index (χ0v) is 16.8. The Morgan fingerprint density at radius 1 is 1.03 bits per heavy atom. The minimum absolute atomic E-state index is 0.0933. The van der Waals surface area contributed by atoms with Crippen molar-refractivity contribution in [3.05, 3.63) is 53.6 Å². The van der Waals surface area contributed by atoms with Crippen molar-refractivity contribution in [2.24, 2.45) is 5.16 Å². The van der Waals surface area contributed by atoms with Gasteiger partial charge >= 0.3 is 0 Å². The molecule has 1 unspecified atom stereocenters. The van der Waals surface area contributed by atoms with E-state index in [4.69, 9.17) is 14.3 Å².